The molecule has 0 aromatic heterocycles. The molecule has 0 saturated carbocycles. The fraction of sp³-hybridized carbons (Fsp3) is 1.00. The standard InChI is InChI=1S/8CH3.4Ga.4H2O/h8*1H3;;;;;4*1H2/p+4. The molecule has 0 rings (SSSR count). The van der Waals surface area contributed by atoms with Crippen molar-refractivity contribution in [2.75, 3.05) is 0 Å². The molecule has 4 nitrogen and oxygen atoms in total. The summed E-state index contributed by atoms with van der Waals surface area (Å²) in [6, 6.07) is 0. The molecule has 12 N–H and O–H groups in total. The van der Waals surface area contributed by atoms with Gasteiger partial charge in [-0.2, -0.15) is 0 Å². The van der Waals surface area contributed by atoms with Crippen LogP contribution in [0.25, 0.3) is 0 Å². The summed E-state index contributed by atoms with van der Waals surface area (Å²) in [5.41, 5.74) is 18.2. The molecule has 4 radical (unpaired) electrons. The van der Waals surface area contributed by atoms with Crippen LogP contribution in [0.3, 0.4) is 0 Å². The topological polar surface area (TPSA) is 132 Å². The van der Waals surface area contributed by atoms with E-state index in [9.17, 15) is 0 Å². The maximum Gasteiger partial charge on any atom is -0.457 e. The molecule has 0 aromatic rings. The van der Waals surface area contributed by atoms with Crippen molar-refractivity contribution in [1.82, 2.24) is 0 Å². The van der Waals surface area contributed by atoms with Crippen molar-refractivity contribution < 1.29 is 21.9 Å². The van der Waals surface area contributed by atoms with Crippen LogP contribution in [-0.2, 0) is 21.9 Å². The van der Waals surface area contributed by atoms with Gasteiger partial charge in [0.25, 0.3) is 0 Å². The van der Waals surface area contributed by atoms with Crippen molar-refractivity contribution in [3.05, 3.63) is 0 Å². The molecule has 0 aliphatic rings. The predicted octanol–water partition coefficient (Wildman–Crippen LogP) is -0.540. The summed E-state index contributed by atoms with van der Waals surface area (Å²) in [6.07, 6.45) is 0. The van der Waals surface area contributed by atoms with Crippen LogP contribution in [0, 0.1) is 0 Å². The minimum Gasteiger partial charge on any atom is -0.457 e. The normalized spacial score (nSPS) is 3.50. The van der Waals surface area contributed by atoms with Crippen LogP contribution in [-0.4, -0.2) is 69.6 Å². The van der Waals surface area contributed by atoms with E-state index in [-0.39, 0.29) is 21.9 Å². The molecule has 0 bridgehead atoms. The Hall–Kier alpha value is 2.39. The Kier molecular flexibility index (Phi) is 369. The Morgan fingerprint density at radius 2 is 0.312 bits per heavy atom. The number of rotatable bonds is 0. The Balaban J connectivity index is -0.00000000821. The first-order valence-corrected chi connectivity index (χ1v) is 24.0. The second-order valence-corrected chi connectivity index (χ2v) is 12.0. The van der Waals surface area contributed by atoms with Crippen LogP contribution in [0.4, 0.5) is 0 Å². The molecule has 0 aliphatic carbocycles. The zero-order valence-electron chi connectivity index (χ0n) is 12.6. The summed E-state index contributed by atoms with van der Waals surface area (Å²) in [5.74, 6) is 0. The molecule has 0 saturated heterocycles. The summed E-state index contributed by atoms with van der Waals surface area (Å²) < 4.78 is 0. The average Bonchev–Trinajstić information content (AvgIpc) is 1.92. The summed E-state index contributed by atoms with van der Waals surface area (Å²) in [7, 11) is 0. The van der Waals surface area contributed by atoms with E-state index >= 15 is 0 Å². The third-order valence-corrected chi connectivity index (χ3v) is 0. The molecule has 0 spiro atoms. The van der Waals surface area contributed by atoms with E-state index in [2.05, 4.69) is 43.8 Å². The maximum atomic E-state index is 2.28. The molecule has 100 valence electrons. The molecule has 0 unspecified atom stereocenters. The molecule has 0 amide bonds. The molecule has 16 heavy (non-hydrogen) atoms. The molecular formula is C8H36Ga4O4+4. The van der Waals surface area contributed by atoms with E-state index in [1.807, 2.05) is 0 Å². The monoisotopic (exact) mass is 472 g/mol. The van der Waals surface area contributed by atoms with Gasteiger partial charge in [-0.1, -0.05) is 0 Å². The second kappa shape index (κ2) is 114. The number of hydrogen-bond acceptors (Lipinski definition) is 0. The third-order valence-electron chi connectivity index (χ3n) is 0. The van der Waals surface area contributed by atoms with Gasteiger partial charge in [-0.25, -0.2) is 0 Å². The maximum absolute atomic E-state index is 2.28. The predicted molar refractivity (Wildman–Crippen MR) is 89.4 cm³/mol. The summed E-state index contributed by atoms with van der Waals surface area (Å²) >= 11 is 1.25. The van der Waals surface area contributed by atoms with E-state index in [1.165, 1.54) is 0 Å². The fourth-order valence-electron chi connectivity index (χ4n) is 0. The molecule has 0 fully saturated rings. The van der Waals surface area contributed by atoms with Gasteiger partial charge in [-0.05, 0) is 0 Å². The van der Waals surface area contributed by atoms with E-state index < -0.39 is 0 Å². The van der Waals surface area contributed by atoms with Gasteiger partial charge in [0.15, 0.2) is 0 Å². The van der Waals surface area contributed by atoms with Gasteiger partial charge in [0.2, 0.25) is 0 Å². The van der Waals surface area contributed by atoms with Crippen molar-refractivity contribution >= 4 is 69.6 Å². The zero-order chi connectivity index (χ0) is 10.8. The van der Waals surface area contributed by atoms with E-state index in [0.29, 0.717) is 69.6 Å². The van der Waals surface area contributed by atoms with Crippen molar-refractivity contribution in [2.24, 2.45) is 0 Å². The largest absolute Gasteiger partial charge is 0.457 e. The van der Waals surface area contributed by atoms with Gasteiger partial charge < -0.3 is 21.9 Å². The van der Waals surface area contributed by atoms with Crippen molar-refractivity contribution in [3.8, 4) is 0 Å². The Morgan fingerprint density at radius 3 is 0.312 bits per heavy atom. The Morgan fingerprint density at radius 1 is 0.312 bits per heavy atom. The van der Waals surface area contributed by atoms with Crippen LogP contribution in [0.5, 0.6) is 0 Å². The van der Waals surface area contributed by atoms with Crippen molar-refractivity contribution in [2.45, 2.75) is 43.8 Å². The quantitative estimate of drug-likeness (QED) is 0.329. The van der Waals surface area contributed by atoms with E-state index in [0.717, 1.165) is 0 Å². The minimum atomic E-state index is 0. The first-order valence-electron chi connectivity index (χ1n) is 4.62. The second-order valence-electron chi connectivity index (χ2n) is 2.31. The van der Waals surface area contributed by atoms with E-state index in [4.69, 9.17) is 0 Å². The molecule has 0 aliphatic heterocycles. The first-order chi connectivity index (χ1) is 5.66. The summed E-state index contributed by atoms with van der Waals surface area (Å²) in [5, 5.41) is 0. The minimum absolute atomic E-state index is 0. The van der Waals surface area contributed by atoms with Gasteiger partial charge in [-0.3, -0.25) is 0 Å². The van der Waals surface area contributed by atoms with Gasteiger partial charge in [0, 0.05) is 0 Å². The van der Waals surface area contributed by atoms with Crippen LogP contribution in [0.2, 0.25) is 43.8 Å². The molecule has 0 aromatic carbocycles. The zero-order valence-corrected chi connectivity index (χ0v) is 22.3. The SMILES string of the molecule is [CH3][Ga][CH3].[CH3][Ga][CH3].[CH3][Ga][CH3].[CH3][Ga][CH3].[OH3+].[OH3+].[OH3+].[OH3+]. The average molecular weight is 475 g/mol. The van der Waals surface area contributed by atoms with E-state index in [1.54, 1.807) is 0 Å². The van der Waals surface area contributed by atoms with Crippen LogP contribution < -0.4 is 0 Å². The van der Waals surface area contributed by atoms with Gasteiger partial charge in [0.1, 0.15) is 0 Å². The van der Waals surface area contributed by atoms with Crippen LogP contribution in [0.1, 0.15) is 0 Å². The van der Waals surface area contributed by atoms with Gasteiger partial charge in [-0.15, -0.1) is 0 Å². The number of hydrogen-bond donors (Lipinski definition) is 0. The fourth-order valence-corrected chi connectivity index (χ4v) is 0. The first kappa shape index (κ1) is 51.5. The molecule has 0 heterocycles. The van der Waals surface area contributed by atoms with Gasteiger partial charge >= 0.3 is 113 Å². The van der Waals surface area contributed by atoms with Crippen LogP contribution in [0.15, 0.2) is 0 Å². The summed E-state index contributed by atoms with van der Waals surface area (Å²) in [4.78, 5) is 0. The smallest absolute Gasteiger partial charge is 0.457 e. The van der Waals surface area contributed by atoms with Gasteiger partial charge in [0.05, 0.1) is 0 Å². The third kappa shape index (κ3) is 682. The Labute approximate surface area is 134 Å². The summed E-state index contributed by atoms with van der Waals surface area (Å²) in [6.45, 7) is 0. The molecule has 0 atom stereocenters. The Bertz CT molecular complexity index is 32.0. The molecule has 8 heteroatoms. The van der Waals surface area contributed by atoms with Crippen molar-refractivity contribution in [1.29, 1.82) is 0 Å². The van der Waals surface area contributed by atoms with Crippen molar-refractivity contribution in [3.63, 3.8) is 0 Å². The van der Waals surface area contributed by atoms with Crippen LogP contribution >= 0.6 is 0 Å². The molecular weight excluding hydrogens is 439 g/mol.